The van der Waals surface area contributed by atoms with Gasteiger partial charge in [-0.05, 0) is 44.2 Å². The van der Waals surface area contributed by atoms with Crippen LogP contribution in [0.2, 0.25) is 0 Å². The monoisotopic (exact) mass is 409 g/mol. The van der Waals surface area contributed by atoms with Crippen molar-refractivity contribution in [3.05, 3.63) is 70.4 Å². The lowest BCUT2D eigenvalue weighted by atomic mass is 10.1. The number of rotatable bonds is 5. The number of furan rings is 1. The molecule has 10 heteroatoms. The van der Waals surface area contributed by atoms with Crippen molar-refractivity contribution in [2.75, 3.05) is 5.32 Å². The van der Waals surface area contributed by atoms with E-state index in [1.165, 1.54) is 18.5 Å². The summed E-state index contributed by atoms with van der Waals surface area (Å²) in [7, 11) is 0. The summed E-state index contributed by atoms with van der Waals surface area (Å²) in [6.45, 7) is 3.87. The Hall–Kier alpha value is -4.08. The summed E-state index contributed by atoms with van der Waals surface area (Å²) in [5.41, 5.74) is 0.551. The first kappa shape index (κ1) is 19.2. The van der Waals surface area contributed by atoms with Crippen LogP contribution in [0.15, 0.2) is 53.3 Å². The summed E-state index contributed by atoms with van der Waals surface area (Å²) < 4.78 is 20.7. The number of nitrogens with zero attached hydrogens (tertiary/aromatic N) is 4. The zero-order chi connectivity index (χ0) is 21.4. The average Bonchev–Trinajstić information content (AvgIpc) is 3.38. The van der Waals surface area contributed by atoms with Crippen molar-refractivity contribution in [3.63, 3.8) is 0 Å². The van der Waals surface area contributed by atoms with Gasteiger partial charge >= 0.3 is 5.69 Å². The SMILES string of the molecule is CC(C)n1ncc2c(C(=O)Nc3ccc(F)c([N+](=O)[O-])c3)cc(-c3ccco3)nc21. The predicted molar refractivity (Wildman–Crippen MR) is 107 cm³/mol. The van der Waals surface area contributed by atoms with E-state index < -0.39 is 22.3 Å². The highest BCUT2D eigenvalue weighted by Crippen LogP contribution is 2.28. The van der Waals surface area contributed by atoms with Gasteiger partial charge < -0.3 is 9.73 Å². The largest absolute Gasteiger partial charge is 0.463 e. The number of nitro groups is 1. The number of benzene rings is 1. The van der Waals surface area contributed by atoms with Gasteiger partial charge in [0.05, 0.1) is 28.3 Å². The van der Waals surface area contributed by atoms with Crippen molar-refractivity contribution in [2.24, 2.45) is 0 Å². The molecule has 1 N–H and O–H groups in total. The molecule has 0 unspecified atom stereocenters. The molecule has 0 aliphatic carbocycles. The maximum atomic E-state index is 13.6. The van der Waals surface area contributed by atoms with Gasteiger partial charge in [0, 0.05) is 17.8 Å². The highest BCUT2D eigenvalue weighted by Gasteiger charge is 2.21. The summed E-state index contributed by atoms with van der Waals surface area (Å²) >= 11 is 0. The Morgan fingerprint density at radius 1 is 1.30 bits per heavy atom. The molecule has 0 bridgehead atoms. The van der Waals surface area contributed by atoms with Gasteiger partial charge in [0.15, 0.2) is 11.4 Å². The molecule has 0 fully saturated rings. The van der Waals surface area contributed by atoms with E-state index in [-0.39, 0.29) is 17.3 Å². The highest BCUT2D eigenvalue weighted by molar-refractivity contribution is 6.12. The number of carbonyl (C=O) groups excluding carboxylic acids is 1. The van der Waals surface area contributed by atoms with Crippen LogP contribution >= 0.6 is 0 Å². The first-order chi connectivity index (χ1) is 14.3. The highest BCUT2D eigenvalue weighted by atomic mass is 19.1. The first-order valence-corrected chi connectivity index (χ1v) is 9.02. The Balaban J connectivity index is 1.80. The van der Waals surface area contributed by atoms with Crippen LogP contribution in [0.3, 0.4) is 0 Å². The molecule has 0 saturated heterocycles. The molecule has 1 amide bonds. The lowest BCUT2D eigenvalue weighted by Crippen LogP contribution is -2.13. The number of aromatic nitrogens is 3. The molecule has 4 aromatic rings. The zero-order valence-electron chi connectivity index (χ0n) is 16.0. The number of pyridine rings is 1. The van der Waals surface area contributed by atoms with Crippen LogP contribution in [0.5, 0.6) is 0 Å². The van der Waals surface area contributed by atoms with Crippen LogP contribution in [0.1, 0.15) is 30.2 Å². The number of hydrogen-bond acceptors (Lipinski definition) is 6. The normalized spacial score (nSPS) is 11.2. The van der Waals surface area contributed by atoms with Crippen LogP contribution in [-0.2, 0) is 0 Å². The van der Waals surface area contributed by atoms with Gasteiger partial charge in [0.2, 0.25) is 5.82 Å². The van der Waals surface area contributed by atoms with E-state index in [4.69, 9.17) is 4.42 Å². The van der Waals surface area contributed by atoms with E-state index in [0.717, 1.165) is 12.1 Å². The molecule has 9 nitrogen and oxygen atoms in total. The average molecular weight is 409 g/mol. The van der Waals surface area contributed by atoms with Gasteiger partial charge in [-0.3, -0.25) is 14.9 Å². The molecule has 0 aliphatic heterocycles. The van der Waals surface area contributed by atoms with Crippen molar-refractivity contribution in [1.29, 1.82) is 0 Å². The summed E-state index contributed by atoms with van der Waals surface area (Å²) in [5.74, 6) is -1.05. The lowest BCUT2D eigenvalue weighted by Gasteiger charge is -2.10. The number of halogens is 1. The molecule has 0 spiro atoms. The second-order valence-corrected chi connectivity index (χ2v) is 6.83. The fourth-order valence-corrected chi connectivity index (χ4v) is 3.06. The molecule has 0 radical (unpaired) electrons. The van der Waals surface area contributed by atoms with E-state index in [2.05, 4.69) is 15.4 Å². The minimum absolute atomic E-state index is 0.00231. The van der Waals surface area contributed by atoms with E-state index in [1.54, 1.807) is 22.9 Å². The zero-order valence-corrected chi connectivity index (χ0v) is 16.0. The molecule has 152 valence electrons. The second-order valence-electron chi connectivity index (χ2n) is 6.83. The van der Waals surface area contributed by atoms with Crippen LogP contribution in [0.4, 0.5) is 15.8 Å². The molecule has 4 rings (SSSR count). The van der Waals surface area contributed by atoms with Crippen molar-refractivity contribution >= 4 is 28.3 Å². The minimum Gasteiger partial charge on any atom is -0.463 e. The van der Waals surface area contributed by atoms with Gasteiger partial charge in [-0.25, -0.2) is 9.67 Å². The third kappa shape index (κ3) is 3.39. The van der Waals surface area contributed by atoms with Crippen LogP contribution in [0.25, 0.3) is 22.5 Å². The van der Waals surface area contributed by atoms with Crippen molar-refractivity contribution in [2.45, 2.75) is 19.9 Å². The number of amides is 1. The molecule has 0 aliphatic rings. The van der Waals surface area contributed by atoms with E-state index in [0.29, 0.717) is 22.5 Å². The third-order valence-electron chi connectivity index (χ3n) is 4.47. The maximum absolute atomic E-state index is 13.6. The summed E-state index contributed by atoms with van der Waals surface area (Å²) in [6.07, 6.45) is 3.04. The van der Waals surface area contributed by atoms with Gasteiger partial charge in [-0.1, -0.05) is 0 Å². The number of nitrogens with one attached hydrogen (secondary N) is 1. The number of hydrogen-bond donors (Lipinski definition) is 1. The molecule has 0 saturated carbocycles. The third-order valence-corrected chi connectivity index (χ3v) is 4.47. The van der Waals surface area contributed by atoms with Crippen LogP contribution < -0.4 is 5.32 Å². The van der Waals surface area contributed by atoms with E-state index >= 15 is 0 Å². The number of anilines is 1. The standard InChI is InChI=1S/C20H16FN5O4/c1-11(2)25-19-14(10-22-25)13(9-16(24-19)18-4-3-7-30-18)20(27)23-12-5-6-15(21)17(8-12)26(28)29/h3-11H,1-2H3,(H,23,27). The number of carbonyl (C=O) groups is 1. The van der Waals surface area contributed by atoms with Crippen LogP contribution in [0, 0.1) is 15.9 Å². The molecular weight excluding hydrogens is 393 g/mol. The van der Waals surface area contributed by atoms with E-state index in [1.807, 2.05) is 13.8 Å². The Morgan fingerprint density at radius 3 is 2.77 bits per heavy atom. The second kappa shape index (κ2) is 7.39. The Morgan fingerprint density at radius 2 is 2.10 bits per heavy atom. The van der Waals surface area contributed by atoms with Crippen molar-refractivity contribution < 1.29 is 18.5 Å². The summed E-state index contributed by atoms with van der Waals surface area (Å²) in [6, 6.07) is 8.13. The van der Waals surface area contributed by atoms with Crippen molar-refractivity contribution in [3.8, 4) is 11.5 Å². The lowest BCUT2D eigenvalue weighted by molar-refractivity contribution is -0.387. The fraction of sp³-hybridized carbons (Fsp3) is 0.150. The van der Waals surface area contributed by atoms with Gasteiger partial charge in [0.1, 0.15) is 5.69 Å². The molecule has 3 heterocycles. The Labute approximate surface area is 169 Å². The first-order valence-electron chi connectivity index (χ1n) is 9.02. The van der Waals surface area contributed by atoms with Crippen molar-refractivity contribution in [1.82, 2.24) is 14.8 Å². The molecule has 30 heavy (non-hydrogen) atoms. The van der Waals surface area contributed by atoms with Gasteiger partial charge in [0.25, 0.3) is 5.91 Å². The molecule has 3 aromatic heterocycles. The summed E-state index contributed by atoms with van der Waals surface area (Å²) in [4.78, 5) is 27.7. The molecular formula is C20H16FN5O4. The molecule has 1 aromatic carbocycles. The number of fused-ring (bicyclic) bond motifs is 1. The number of nitro benzene ring substituents is 1. The smallest absolute Gasteiger partial charge is 0.306 e. The molecule has 0 atom stereocenters. The topological polar surface area (TPSA) is 116 Å². The fourth-order valence-electron chi connectivity index (χ4n) is 3.06. The predicted octanol–water partition coefficient (Wildman–Crippen LogP) is 4.57. The van der Waals surface area contributed by atoms with E-state index in [9.17, 15) is 19.3 Å². The Kier molecular flexibility index (Phi) is 4.74. The quantitative estimate of drug-likeness (QED) is 0.381. The summed E-state index contributed by atoms with van der Waals surface area (Å²) in [5, 5.41) is 18.4. The van der Waals surface area contributed by atoms with Gasteiger partial charge in [-0.15, -0.1) is 0 Å². The maximum Gasteiger partial charge on any atom is 0.306 e. The van der Waals surface area contributed by atoms with Crippen LogP contribution in [-0.4, -0.2) is 25.6 Å². The van der Waals surface area contributed by atoms with Gasteiger partial charge in [-0.2, -0.15) is 9.49 Å². The Bertz CT molecular complexity index is 1260. The minimum atomic E-state index is -0.984.